The average molecular weight is 523 g/mol. The van der Waals surface area contributed by atoms with Crippen LogP contribution < -0.4 is 10.2 Å². The van der Waals surface area contributed by atoms with E-state index in [2.05, 4.69) is 18.2 Å². The molecule has 0 saturated carbocycles. The zero-order valence-corrected chi connectivity index (χ0v) is 20.1. The molecule has 0 spiro atoms. The van der Waals surface area contributed by atoms with Crippen molar-refractivity contribution in [1.82, 2.24) is 0 Å². The first-order valence-corrected chi connectivity index (χ1v) is 8.95. The molecule has 160 valence electrons. The Kier molecular flexibility index (Phi) is 30.6. The Balaban J connectivity index is -0.000000314. The largest absolute Gasteiger partial charge is 0.545 e. The number of allylic oxidation sites excluding steroid dienone is 2. The standard InChI is InChI=1S/3C6H5.2C4H6O2.Sb/c3*1-2-4-6-5-3-1;2*1-2-3-4(5)6;/h3*1-5H;2*2-3H,1H3,(H,5,6);/p-2/b;;;2*3-2+;. The van der Waals surface area contributed by atoms with Crippen molar-refractivity contribution in [3.63, 3.8) is 0 Å². The summed E-state index contributed by atoms with van der Waals surface area (Å²) in [5.74, 6) is -2.28. The topological polar surface area (TPSA) is 80.3 Å². The molecule has 31 heavy (non-hydrogen) atoms. The normalized spacial score (nSPS) is 8.32. The first-order chi connectivity index (χ1) is 14.5. The fourth-order valence-electron chi connectivity index (χ4n) is 1.30. The Hall–Kier alpha value is -3.10. The second-order valence-corrected chi connectivity index (χ2v) is 4.87. The van der Waals surface area contributed by atoms with E-state index >= 15 is 0 Å². The molecule has 0 N–H and O–H groups in total. The van der Waals surface area contributed by atoms with Crippen LogP contribution in [0.1, 0.15) is 13.8 Å². The van der Waals surface area contributed by atoms with Gasteiger partial charge in [0.15, 0.2) is 0 Å². The minimum absolute atomic E-state index is 0. The first kappa shape index (κ1) is 32.6. The molecule has 0 amide bonds. The van der Waals surface area contributed by atoms with Gasteiger partial charge in [0.1, 0.15) is 0 Å². The number of hydrogen-bond donors (Lipinski definition) is 0. The van der Waals surface area contributed by atoms with Crippen LogP contribution in [0.15, 0.2) is 115 Å². The maximum absolute atomic E-state index is 9.40. The Morgan fingerprint density at radius 2 is 0.774 bits per heavy atom. The second-order valence-electron chi connectivity index (χ2n) is 4.87. The van der Waals surface area contributed by atoms with Gasteiger partial charge in [-0.05, 0) is 44.2 Å². The number of carbonyl (C=O) groups is 2. The minimum atomic E-state index is -1.14. The van der Waals surface area contributed by atoms with Gasteiger partial charge in [-0.15, -0.1) is 0 Å². The van der Waals surface area contributed by atoms with E-state index in [1.807, 2.05) is 91.0 Å². The van der Waals surface area contributed by atoms with Crippen molar-refractivity contribution in [2.24, 2.45) is 0 Å². The first-order valence-electron chi connectivity index (χ1n) is 8.95. The van der Waals surface area contributed by atoms with Crippen LogP contribution >= 0.6 is 0 Å². The molecule has 3 aromatic carbocycles. The Bertz CT molecular complexity index is 597. The summed E-state index contributed by atoms with van der Waals surface area (Å²) in [7, 11) is 0. The van der Waals surface area contributed by atoms with Crippen molar-refractivity contribution < 1.29 is 19.8 Å². The summed E-state index contributed by atoms with van der Waals surface area (Å²) in [5, 5.41) is 18.8. The van der Waals surface area contributed by atoms with Crippen molar-refractivity contribution >= 4 is 36.4 Å². The van der Waals surface area contributed by atoms with Gasteiger partial charge >= 0.3 is 0 Å². The van der Waals surface area contributed by atoms with Crippen LogP contribution in [0.5, 0.6) is 0 Å². The molecule has 0 atom stereocenters. The molecule has 3 rings (SSSR count). The zero-order valence-electron chi connectivity index (χ0n) is 17.5. The molecular weight excluding hydrogens is 498 g/mol. The van der Waals surface area contributed by atoms with Gasteiger partial charge in [-0.2, -0.15) is 0 Å². The van der Waals surface area contributed by atoms with Gasteiger partial charge in [0, 0.05) is 24.4 Å². The van der Waals surface area contributed by atoms with Crippen molar-refractivity contribution in [2.45, 2.75) is 13.8 Å². The van der Waals surface area contributed by atoms with Crippen molar-refractivity contribution in [2.75, 3.05) is 0 Å². The van der Waals surface area contributed by atoms with E-state index in [0.29, 0.717) is 0 Å². The summed E-state index contributed by atoms with van der Waals surface area (Å²) in [6.07, 6.45) is 4.77. The van der Waals surface area contributed by atoms with Gasteiger partial charge < -0.3 is 19.8 Å². The van der Waals surface area contributed by atoms with Gasteiger partial charge in [0.2, 0.25) is 0 Å². The smallest absolute Gasteiger partial charge is 0.0639 e. The van der Waals surface area contributed by atoms with Crippen LogP contribution in [-0.4, -0.2) is 36.4 Å². The molecule has 0 aromatic heterocycles. The minimum Gasteiger partial charge on any atom is -0.545 e. The summed E-state index contributed by atoms with van der Waals surface area (Å²) in [4.78, 5) is 18.8. The number of hydrogen-bond acceptors (Lipinski definition) is 4. The molecule has 5 heteroatoms. The van der Waals surface area contributed by atoms with Crippen LogP contribution in [0.25, 0.3) is 0 Å². The molecule has 4 nitrogen and oxygen atoms in total. The number of carboxylic acids is 2. The molecule has 0 fully saturated rings. The number of carbonyl (C=O) groups excluding carboxylic acids is 2. The van der Waals surface area contributed by atoms with Crippen LogP contribution in [0.2, 0.25) is 0 Å². The van der Waals surface area contributed by atoms with E-state index in [1.54, 1.807) is 13.8 Å². The SMILES string of the molecule is C/C=C/C(=O)[O-].C/C=C/C(=O)[O-].[Sb].[c]1ccccc1.[c]1ccccc1.[c]1ccccc1. The predicted octanol–water partition coefficient (Wildman–Crippen LogP) is 2.70. The maximum atomic E-state index is 9.40. The van der Waals surface area contributed by atoms with Crippen LogP contribution in [0, 0.1) is 18.2 Å². The van der Waals surface area contributed by atoms with E-state index in [-0.39, 0.29) is 24.4 Å². The van der Waals surface area contributed by atoms with E-state index in [1.165, 1.54) is 12.2 Å². The van der Waals surface area contributed by atoms with Crippen LogP contribution in [-0.2, 0) is 9.59 Å². The molecule has 6 radical (unpaired) electrons. The predicted molar refractivity (Wildman–Crippen MR) is 121 cm³/mol. The number of carboxylic acid groups (broad SMARTS) is 2. The molecule has 3 aromatic rings. The Morgan fingerprint density at radius 3 is 0.806 bits per heavy atom. The summed E-state index contributed by atoms with van der Waals surface area (Å²) in [5.41, 5.74) is 0. The van der Waals surface area contributed by atoms with Gasteiger partial charge in [0.25, 0.3) is 0 Å². The molecule has 0 aliphatic rings. The van der Waals surface area contributed by atoms with Gasteiger partial charge in [0.05, 0.1) is 11.9 Å². The summed E-state index contributed by atoms with van der Waals surface area (Å²) < 4.78 is 0. The number of benzene rings is 3. The molecule has 0 aliphatic carbocycles. The van der Waals surface area contributed by atoms with E-state index in [9.17, 15) is 19.8 Å². The zero-order chi connectivity index (χ0) is 22.7. The van der Waals surface area contributed by atoms with Crippen LogP contribution in [0.4, 0.5) is 0 Å². The Labute approximate surface area is 203 Å². The van der Waals surface area contributed by atoms with Crippen molar-refractivity contribution in [1.29, 1.82) is 0 Å². The molecule has 0 aliphatic heterocycles. The molecular formula is C26H25O4Sb-2. The van der Waals surface area contributed by atoms with E-state index in [0.717, 1.165) is 12.2 Å². The third-order valence-corrected chi connectivity index (χ3v) is 2.43. The maximum Gasteiger partial charge on any atom is 0.0639 e. The fraction of sp³-hybridized carbons (Fsp3) is 0.0769. The number of rotatable bonds is 2. The summed E-state index contributed by atoms with van der Waals surface area (Å²) >= 11 is 0. The van der Waals surface area contributed by atoms with E-state index in [4.69, 9.17) is 0 Å². The second kappa shape index (κ2) is 29.1. The third-order valence-electron chi connectivity index (χ3n) is 2.43. The quantitative estimate of drug-likeness (QED) is 0.383. The monoisotopic (exact) mass is 522 g/mol. The van der Waals surface area contributed by atoms with Gasteiger partial charge in [-0.3, -0.25) is 0 Å². The summed E-state index contributed by atoms with van der Waals surface area (Å²) in [6, 6.07) is 37.5. The van der Waals surface area contributed by atoms with Crippen LogP contribution in [0.3, 0.4) is 0 Å². The van der Waals surface area contributed by atoms with E-state index < -0.39 is 11.9 Å². The van der Waals surface area contributed by atoms with Gasteiger partial charge in [-0.25, -0.2) is 0 Å². The van der Waals surface area contributed by atoms with Gasteiger partial charge in [-0.1, -0.05) is 103 Å². The molecule has 0 heterocycles. The Morgan fingerprint density at radius 1 is 0.548 bits per heavy atom. The third kappa shape index (κ3) is 38.2. The average Bonchev–Trinajstić information content (AvgIpc) is 2.79. The molecule has 0 bridgehead atoms. The summed E-state index contributed by atoms with van der Waals surface area (Å²) in [6.45, 7) is 3.24. The van der Waals surface area contributed by atoms with Crippen molar-refractivity contribution in [3.8, 4) is 0 Å². The van der Waals surface area contributed by atoms with Crippen molar-refractivity contribution in [3.05, 3.63) is 133 Å². The molecule has 0 saturated heterocycles. The molecule has 0 unspecified atom stereocenters. The fourth-order valence-corrected chi connectivity index (χ4v) is 1.30. The number of aliphatic carboxylic acids is 2.